The molecule has 3 aromatic rings. The summed E-state index contributed by atoms with van der Waals surface area (Å²) in [5.74, 6) is 0. The Morgan fingerprint density at radius 3 is 2.58 bits per heavy atom. The van der Waals surface area contributed by atoms with Crippen LogP contribution in [0.25, 0.3) is 5.69 Å². The number of pyridine rings is 1. The van der Waals surface area contributed by atoms with Crippen LogP contribution < -0.4 is 16.3 Å². The normalized spacial score (nSPS) is 10.8. The van der Waals surface area contributed by atoms with Crippen LogP contribution in [-0.4, -0.2) is 25.7 Å². The lowest BCUT2D eigenvalue weighted by molar-refractivity contribution is 0.630. The van der Waals surface area contributed by atoms with Crippen molar-refractivity contribution in [3.8, 4) is 5.69 Å². The lowest BCUT2D eigenvalue weighted by Gasteiger charge is -2.07. The Morgan fingerprint density at radius 2 is 1.88 bits per heavy atom. The Balaban J connectivity index is 1.77. The van der Waals surface area contributed by atoms with E-state index in [9.17, 15) is 4.79 Å². The van der Waals surface area contributed by atoms with Gasteiger partial charge in [0.2, 0.25) is 0 Å². The molecule has 0 saturated heterocycles. The molecule has 0 saturated carbocycles. The van der Waals surface area contributed by atoms with E-state index in [0.29, 0.717) is 5.69 Å². The molecular formula is C18H18N6OS. The van der Waals surface area contributed by atoms with Gasteiger partial charge in [-0.1, -0.05) is 18.2 Å². The van der Waals surface area contributed by atoms with Crippen molar-refractivity contribution in [3.63, 3.8) is 0 Å². The minimum Gasteiger partial charge on any atom is -0.325 e. The van der Waals surface area contributed by atoms with E-state index in [0.717, 1.165) is 16.9 Å². The summed E-state index contributed by atoms with van der Waals surface area (Å²) in [5.41, 5.74) is 5.38. The van der Waals surface area contributed by atoms with Crippen LogP contribution in [0.4, 0.5) is 5.69 Å². The number of hydrazone groups is 1. The zero-order valence-corrected chi connectivity index (χ0v) is 15.2. The fourth-order valence-electron chi connectivity index (χ4n) is 2.47. The fraction of sp³-hybridized carbons (Fsp3) is 0.111. The van der Waals surface area contributed by atoms with Gasteiger partial charge in [0.05, 0.1) is 17.6 Å². The second-order valence-electron chi connectivity index (χ2n) is 5.54. The Bertz CT molecular complexity index is 992. The quantitative estimate of drug-likeness (QED) is 0.421. The number of nitrogens with zero attached hydrogens (tertiary/aromatic N) is 4. The maximum Gasteiger partial charge on any atom is 0.295 e. The lowest BCUT2D eigenvalue weighted by atomic mass is 10.3. The van der Waals surface area contributed by atoms with Crippen molar-refractivity contribution in [2.24, 2.45) is 12.1 Å². The summed E-state index contributed by atoms with van der Waals surface area (Å²) >= 11 is 5.23. The second-order valence-corrected chi connectivity index (χ2v) is 5.95. The van der Waals surface area contributed by atoms with Crippen LogP contribution in [0.5, 0.6) is 0 Å². The van der Waals surface area contributed by atoms with E-state index in [-0.39, 0.29) is 10.7 Å². The van der Waals surface area contributed by atoms with Crippen molar-refractivity contribution in [1.29, 1.82) is 0 Å². The predicted molar refractivity (Wildman–Crippen MR) is 107 cm³/mol. The molecule has 0 aliphatic carbocycles. The highest BCUT2D eigenvalue weighted by atomic mass is 32.1. The molecule has 26 heavy (non-hydrogen) atoms. The lowest BCUT2D eigenvalue weighted by Crippen LogP contribution is -2.28. The summed E-state index contributed by atoms with van der Waals surface area (Å²) in [4.78, 5) is 16.7. The molecule has 1 aromatic carbocycles. The van der Waals surface area contributed by atoms with Crippen molar-refractivity contribution >= 4 is 29.2 Å². The predicted octanol–water partition coefficient (Wildman–Crippen LogP) is 2.20. The largest absolute Gasteiger partial charge is 0.325 e. The average Bonchev–Trinajstić information content (AvgIpc) is 2.87. The average molecular weight is 366 g/mol. The first-order valence-electron chi connectivity index (χ1n) is 7.92. The maximum absolute atomic E-state index is 12.8. The third-order valence-corrected chi connectivity index (χ3v) is 4.07. The summed E-state index contributed by atoms with van der Waals surface area (Å²) in [6.45, 7) is 1.85. The van der Waals surface area contributed by atoms with E-state index < -0.39 is 0 Å². The van der Waals surface area contributed by atoms with Crippen molar-refractivity contribution in [2.75, 3.05) is 5.32 Å². The van der Waals surface area contributed by atoms with Gasteiger partial charge in [0.25, 0.3) is 5.56 Å². The molecule has 0 aliphatic heterocycles. The van der Waals surface area contributed by atoms with Crippen LogP contribution in [0.2, 0.25) is 0 Å². The monoisotopic (exact) mass is 366 g/mol. The number of thiocarbonyl (C=S) groups is 1. The first-order valence-corrected chi connectivity index (χ1v) is 8.33. The highest BCUT2D eigenvalue weighted by Gasteiger charge is 2.16. The van der Waals surface area contributed by atoms with Crippen LogP contribution in [0.3, 0.4) is 0 Å². The van der Waals surface area contributed by atoms with Crippen molar-refractivity contribution in [1.82, 2.24) is 19.8 Å². The van der Waals surface area contributed by atoms with Crippen LogP contribution in [0, 0.1) is 6.92 Å². The summed E-state index contributed by atoms with van der Waals surface area (Å²) in [6, 6.07) is 13.1. The van der Waals surface area contributed by atoms with Crippen molar-refractivity contribution in [3.05, 3.63) is 76.5 Å². The summed E-state index contributed by atoms with van der Waals surface area (Å²) in [7, 11) is 1.83. The van der Waals surface area contributed by atoms with Gasteiger partial charge >= 0.3 is 0 Å². The number of para-hydroxylation sites is 1. The Labute approximate surface area is 156 Å². The number of aromatic nitrogens is 3. The third-order valence-electron chi connectivity index (χ3n) is 3.88. The number of hydrogen-bond acceptors (Lipinski definition) is 4. The van der Waals surface area contributed by atoms with Crippen molar-refractivity contribution < 1.29 is 0 Å². The molecule has 2 aromatic heterocycles. The van der Waals surface area contributed by atoms with Gasteiger partial charge in [-0.3, -0.25) is 19.9 Å². The molecule has 7 nitrogen and oxygen atoms in total. The van der Waals surface area contributed by atoms with Gasteiger partial charge in [0, 0.05) is 19.4 Å². The highest BCUT2D eigenvalue weighted by molar-refractivity contribution is 7.80. The topological polar surface area (TPSA) is 76.2 Å². The molecule has 8 heteroatoms. The number of anilines is 1. The molecule has 0 atom stereocenters. The summed E-state index contributed by atoms with van der Waals surface area (Å²) in [6.07, 6.45) is 4.98. The minimum atomic E-state index is -0.182. The Morgan fingerprint density at radius 1 is 1.19 bits per heavy atom. The zero-order valence-electron chi connectivity index (χ0n) is 14.4. The van der Waals surface area contributed by atoms with E-state index in [1.807, 2.05) is 56.4 Å². The molecule has 132 valence electrons. The molecule has 2 N–H and O–H groups in total. The van der Waals surface area contributed by atoms with Crippen LogP contribution in [-0.2, 0) is 7.05 Å². The first kappa shape index (κ1) is 17.6. The molecule has 3 rings (SSSR count). The van der Waals surface area contributed by atoms with Crippen molar-refractivity contribution in [2.45, 2.75) is 6.92 Å². The fourth-order valence-corrected chi connectivity index (χ4v) is 2.62. The van der Waals surface area contributed by atoms with Crippen LogP contribution >= 0.6 is 12.2 Å². The zero-order chi connectivity index (χ0) is 18.5. The van der Waals surface area contributed by atoms with E-state index in [2.05, 4.69) is 20.8 Å². The molecule has 0 radical (unpaired) electrons. The molecule has 2 heterocycles. The van der Waals surface area contributed by atoms with Gasteiger partial charge in [0.1, 0.15) is 5.69 Å². The Hall–Kier alpha value is -3.26. The van der Waals surface area contributed by atoms with Gasteiger partial charge in [-0.25, -0.2) is 4.68 Å². The number of nitrogens with one attached hydrogen (secondary N) is 2. The molecule has 0 fully saturated rings. The Kier molecular flexibility index (Phi) is 5.23. The molecule has 0 amide bonds. The van der Waals surface area contributed by atoms with Gasteiger partial charge in [-0.2, -0.15) is 5.10 Å². The first-order chi connectivity index (χ1) is 12.6. The standard InChI is InChI=1S/C18H18N6OS/c1-13-16(17(25)24(23(13)2)15-6-4-3-5-7-15)21-18(26)22-20-12-14-8-10-19-11-9-14/h3-12H,1-2H3,(H2,21,22,26). The molecule has 0 spiro atoms. The molecule has 0 bridgehead atoms. The van der Waals surface area contributed by atoms with E-state index in [4.69, 9.17) is 12.2 Å². The van der Waals surface area contributed by atoms with Gasteiger partial charge in [-0.15, -0.1) is 0 Å². The highest BCUT2D eigenvalue weighted by Crippen LogP contribution is 2.13. The summed E-state index contributed by atoms with van der Waals surface area (Å²) < 4.78 is 3.36. The summed E-state index contributed by atoms with van der Waals surface area (Å²) in [5, 5.41) is 7.24. The molecule has 0 aliphatic rings. The molecule has 0 unspecified atom stereocenters. The van der Waals surface area contributed by atoms with Gasteiger partial charge in [-0.05, 0) is 49.0 Å². The SMILES string of the molecule is Cc1c(NC(=S)NN=Cc2ccncc2)c(=O)n(-c2ccccc2)n1C. The van der Waals surface area contributed by atoms with E-state index in [1.54, 1.807) is 28.0 Å². The van der Waals surface area contributed by atoms with E-state index >= 15 is 0 Å². The number of rotatable bonds is 4. The smallest absolute Gasteiger partial charge is 0.295 e. The third kappa shape index (κ3) is 3.70. The molecular weight excluding hydrogens is 348 g/mol. The van der Waals surface area contributed by atoms with E-state index in [1.165, 1.54) is 0 Å². The number of benzene rings is 1. The second kappa shape index (κ2) is 7.75. The van der Waals surface area contributed by atoms with Crippen LogP contribution in [0.1, 0.15) is 11.3 Å². The maximum atomic E-state index is 12.8. The minimum absolute atomic E-state index is 0.182. The number of hydrogen-bond donors (Lipinski definition) is 2. The van der Waals surface area contributed by atoms with Crippen LogP contribution in [0.15, 0.2) is 64.8 Å². The van der Waals surface area contributed by atoms with Gasteiger partial charge in [0.15, 0.2) is 5.11 Å². The van der Waals surface area contributed by atoms with Gasteiger partial charge < -0.3 is 5.32 Å².